The van der Waals surface area contributed by atoms with Crippen molar-refractivity contribution in [3.05, 3.63) is 41.0 Å². The number of carbonyl (C=O) groups excluding carboxylic acids is 1. The Labute approximate surface area is 245 Å². The van der Waals surface area contributed by atoms with Gasteiger partial charge in [0.1, 0.15) is 24.4 Å². The maximum atomic E-state index is 13.4. The van der Waals surface area contributed by atoms with E-state index in [0.29, 0.717) is 28.2 Å². The van der Waals surface area contributed by atoms with Crippen LogP contribution in [0.25, 0.3) is 0 Å². The van der Waals surface area contributed by atoms with Gasteiger partial charge in [0.2, 0.25) is 12.5 Å². The van der Waals surface area contributed by atoms with Crippen molar-refractivity contribution < 1.29 is 67.5 Å². The smallest absolute Gasteiger partial charge is 0.310 e. The number of hydrogen-bond acceptors (Lipinski definition) is 14. The molecule has 2 aromatic carbocycles. The monoisotopic (exact) mass is 604 g/mol. The van der Waals surface area contributed by atoms with Crippen LogP contribution in [0.15, 0.2) is 24.3 Å². The van der Waals surface area contributed by atoms with Crippen LogP contribution in [0, 0.1) is 11.8 Å². The second kappa shape index (κ2) is 11.0. The first-order valence-electron chi connectivity index (χ1n) is 13.8. The number of rotatable bonds is 6. The van der Waals surface area contributed by atoms with Crippen LogP contribution in [0.2, 0.25) is 0 Å². The number of methoxy groups -OCH3 is 3. The standard InChI is InChI=1S/C29H32O14/c1-34-17-4-11(5-18(35-2)22(17)30)20-12-6-15-16(40-10-39-15)7-13(12)25(14-8-37-27(33)21(14)20)42-28-24(32)23(31)26-19(41-28)9-38-29(36-3)43-26/h4-7,14,19-21,23-26,28-32H,8-10H2,1-3H3/t14-,19-,20+,21-,23-,24+,25+,26-,28-,29-/m0/s1. The quantitative estimate of drug-likeness (QED) is 0.398. The first kappa shape index (κ1) is 28.4. The number of benzene rings is 2. The Bertz CT molecular complexity index is 1370. The average Bonchev–Trinajstić information content (AvgIpc) is 3.65. The molecule has 7 rings (SSSR count). The van der Waals surface area contributed by atoms with Gasteiger partial charge in [-0.05, 0) is 41.0 Å². The highest BCUT2D eigenvalue weighted by Gasteiger charge is 2.56. The van der Waals surface area contributed by atoms with Crippen LogP contribution in [-0.4, -0.2) is 99.8 Å². The molecule has 0 spiro atoms. The van der Waals surface area contributed by atoms with Gasteiger partial charge in [-0.15, -0.1) is 0 Å². The number of fused-ring (bicyclic) bond motifs is 4. The summed E-state index contributed by atoms with van der Waals surface area (Å²) in [4.78, 5) is 13.4. The first-order chi connectivity index (χ1) is 20.8. The molecule has 0 amide bonds. The third-order valence-corrected chi connectivity index (χ3v) is 8.76. The van der Waals surface area contributed by atoms with Crippen LogP contribution >= 0.6 is 0 Å². The van der Waals surface area contributed by atoms with E-state index in [4.69, 9.17) is 47.4 Å². The van der Waals surface area contributed by atoms with E-state index in [1.807, 2.05) is 0 Å². The molecule has 5 aliphatic rings. The molecular weight excluding hydrogens is 572 g/mol. The zero-order valence-electron chi connectivity index (χ0n) is 23.5. The molecule has 2 aromatic rings. The van der Waals surface area contributed by atoms with Crippen molar-refractivity contribution in [1.29, 1.82) is 0 Å². The molecule has 10 atom stereocenters. The summed E-state index contributed by atoms with van der Waals surface area (Å²) < 4.78 is 56.4. The number of aromatic hydroxyl groups is 1. The number of aliphatic hydroxyl groups excluding tert-OH is 2. The van der Waals surface area contributed by atoms with Crippen molar-refractivity contribution in [2.45, 2.75) is 49.2 Å². The van der Waals surface area contributed by atoms with Crippen LogP contribution in [0.1, 0.15) is 28.7 Å². The number of carbonyl (C=O) groups is 1. The summed E-state index contributed by atoms with van der Waals surface area (Å²) in [5.74, 6) is -1.14. The molecule has 14 nitrogen and oxygen atoms in total. The van der Waals surface area contributed by atoms with E-state index in [1.54, 1.807) is 24.3 Å². The van der Waals surface area contributed by atoms with Crippen molar-refractivity contribution in [2.75, 3.05) is 41.3 Å². The number of aliphatic hydroxyl groups is 2. The van der Waals surface area contributed by atoms with Crippen molar-refractivity contribution in [2.24, 2.45) is 11.8 Å². The van der Waals surface area contributed by atoms with Gasteiger partial charge >= 0.3 is 5.97 Å². The van der Waals surface area contributed by atoms with Crippen LogP contribution in [-0.2, 0) is 33.2 Å². The molecule has 4 heterocycles. The van der Waals surface area contributed by atoms with Gasteiger partial charge in [-0.3, -0.25) is 4.79 Å². The summed E-state index contributed by atoms with van der Waals surface area (Å²) in [6.07, 6.45) is -6.64. The molecule has 0 aromatic heterocycles. The van der Waals surface area contributed by atoms with Gasteiger partial charge in [-0.25, -0.2) is 0 Å². The van der Waals surface area contributed by atoms with E-state index < -0.39 is 67.0 Å². The van der Waals surface area contributed by atoms with Gasteiger partial charge in [0.25, 0.3) is 6.48 Å². The SMILES string of the molecule is COc1cc([C@@H]2c3cc4c(cc3[C@@H](O[C@@H]3O[C@H]5CO[C@H](OC)O[C@@H]5[C@@H](O)[C@H]3O)[C@H]3COC(=O)[C@H]23)OCO4)cc(OC)c1O. The van der Waals surface area contributed by atoms with Crippen LogP contribution in [0.3, 0.4) is 0 Å². The van der Waals surface area contributed by atoms with Gasteiger partial charge in [0.05, 0.1) is 39.5 Å². The number of phenolic OH excluding ortho intramolecular Hbond substituents is 1. The van der Waals surface area contributed by atoms with Crippen molar-refractivity contribution in [3.8, 4) is 28.7 Å². The maximum Gasteiger partial charge on any atom is 0.310 e. The highest BCUT2D eigenvalue weighted by atomic mass is 16.9. The van der Waals surface area contributed by atoms with E-state index in [2.05, 4.69) is 0 Å². The molecule has 3 N–H and O–H groups in total. The van der Waals surface area contributed by atoms with Crippen LogP contribution < -0.4 is 18.9 Å². The maximum absolute atomic E-state index is 13.4. The molecular formula is C29H32O14. The number of phenols is 1. The second-order valence-corrected chi connectivity index (χ2v) is 10.9. The molecule has 3 saturated heterocycles. The normalized spacial score (nSPS) is 35.9. The summed E-state index contributed by atoms with van der Waals surface area (Å²) in [6, 6.07) is 6.89. The number of esters is 1. The Morgan fingerprint density at radius 3 is 2.23 bits per heavy atom. The predicted octanol–water partition coefficient (Wildman–Crippen LogP) is 0.923. The third-order valence-electron chi connectivity index (χ3n) is 8.76. The number of cyclic esters (lactones) is 1. The van der Waals surface area contributed by atoms with Gasteiger partial charge < -0.3 is 62.7 Å². The topological polar surface area (TPSA) is 170 Å². The van der Waals surface area contributed by atoms with Gasteiger partial charge in [-0.1, -0.05) is 0 Å². The lowest BCUT2D eigenvalue weighted by Gasteiger charge is -2.47. The van der Waals surface area contributed by atoms with Crippen molar-refractivity contribution in [1.82, 2.24) is 0 Å². The molecule has 4 aliphatic heterocycles. The minimum Gasteiger partial charge on any atom is -0.502 e. The van der Waals surface area contributed by atoms with Gasteiger partial charge in [0, 0.05) is 18.9 Å². The minimum atomic E-state index is -1.49. The molecule has 43 heavy (non-hydrogen) atoms. The predicted molar refractivity (Wildman–Crippen MR) is 140 cm³/mol. The average molecular weight is 605 g/mol. The Balaban J connectivity index is 1.30. The summed E-state index contributed by atoms with van der Waals surface area (Å²) in [5, 5.41) is 32.6. The third kappa shape index (κ3) is 4.56. The Hall–Kier alpha value is -3.37. The first-order valence-corrected chi connectivity index (χ1v) is 13.8. The summed E-state index contributed by atoms with van der Waals surface area (Å²) in [5.41, 5.74) is 1.97. The lowest BCUT2D eigenvalue weighted by molar-refractivity contribution is -0.404. The molecule has 0 unspecified atom stereocenters. The fourth-order valence-corrected chi connectivity index (χ4v) is 6.71. The second-order valence-electron chi connectivity index (χ2n) is 10.9. The Morgan fingerprint density at radius 2 is 1.56 bits per heavy atom. The van der Waals surface area contributed by atoms with E-state index in [1.165, 1.54) is 21.3 Å². The van der Waals surface area contributed by atoms with Crippen LogP contribution in [0.5, 0.6) is 28.7 Å². The summed E-state index contributed by atoms with van der Waals surface area (Å²) in [7, 11) is 4.25. The molecule has 0 radical (unpaired) electrons. The highest BCUT2D eigenvalue weighted by Crippen LogP contribution is 2.57. The highest BCUT2D eigenvalue weighted by molar-refractivity contribution is 5.79. The lowest BCUT2D eigenvalue weighted by atomic mass is 9.66. The number of hydrogen-bond donors (Lipinski definition) is 3. The summed E-state index contributed by atoms with van der Waals surface area (Å²) >= 11 is 0. The fourth-order valence-electron chi connectivity index (χ4n) is 6.71. The largest absolute Gasteiger partial charge is 0.502 e. The van der Waals surface area contributed by atoms with Gasteiger partial charge in [0.15, 0.2) is 29.3 Å². The van der Waals surface area contributed by atoms with E-state index in [0.717, 1.165) is 0 Å². The minimum absolute atomic E-state index is 0.0202. The van der Waals surface area contributed by atoms with E-state index >= 15 is 0 Å². The zero-order valence-corrected chi connectivity index (χ0v) is 23.5. The zero-order chi connectivity index (χ0) is 30.0. The lowest BCUT2D eigenvalue weighted by Crippen LogP contribution is -2.63. The van der Waals surface area contributed by atoms with Crippen molar-refractivity contribution >= 4 is 5.97 Å². The number of ether oxygens (including phenoxy) is 10. The fraction of sp³-hybridized carbons (Fsp3) is 0.552. The molecule has 14 heteroatoms. The molecule has 1 aliphatic carbocycles. The van der Waals surface area contributed by atoms with E-state index in [9.17, 15) is 20.1 Å². The molecule has 3 fully saturated rings. The van der Waals surface area contributed by atoms with Crippen LogP contribution in [0.4, 0.5) is 0 Å². The Kier molecular flexibility index (Phi) is 7.24. The van der Waals surface area contributed by atoms with Crippen molar-refractivity contribution in [3.63, 3.8) is 0 Å². The van der Waals surface area contributed by atoms with Gasteiger partial charge in [-0.2, -0.15) is 0 Å². The molecule has 0 bridgehead atoms. The molecule has 232 valence electrons. The Morgan fingerprint density at radius 1 is 0.860 bits per heavy atom. The summed E-state index contributed by atoms with van der Waals surface area (Å²) in [6.45, 7) is -0.918. The molecule has 0 saturated carbocycles. The van der Waals surface area contributed by atoms with E-state index in [-0.39, 0.29) is 37.3 Å².